The van der Waals surface area contributed by atoms with Crippen molar-refractivity contribution >= 4 is 11.9 Å². The molecule has 0 bridgehead atoms. The summed E-state index contributed by atoms with van der Waals surface area (Å²) < 4.78 is 29.6. The SMILES string of the molecule is CCNC(=NCc1ccccc1OC(F)F)NCCc1cccc(C(=O)NC)c1. The normalized spacial score (nSPS) is 11.3. The Hall–Kier alpha value is -3.16. The van der Waals surface area contributed by atoms with Gasteiger partial charge in [0.1, 0.15) is 5.75 Å². The van der Waals surface area contributed by atoms with Crippen molar-refractivity contribution in [1.29, 1.82) is 0 Å². The Morgan fingerprint density at radius 2 is 1.93 bits per heavy atom. The first-order chi connectivity index (χ1) is 14.0. The van der Waals surface area contributed by atoms with Crippen molar-refractivity contribution in [3.63, 3.8) is 0 Å². The van der Waals surface area contributed by atoms with Crippen molar-refractivity contribution in [2.45, 2.75) is 26.5 Å². The van der Waals surface area contributed by atoms with Crippen molar-refractivity contribution in [3.05, 3.63) is 65.2 Å². The number of rotatable bonds is 9. The van der Waals surface area contributed by atoms with E-state index in [1.165, 1.54) is 6.07 Å². The molecule has 156 valence electrons. The lowest BCUT2D eigenvalue weighted by molar-refractivity contribution is -0.0504. The summed E-state index contributed by atoms with van der Waals surface area (Å²) >= 11 is 0. The lowest BCUT2D eigenvalue weighted by atomic mass is 10.1. The summed E-state index contributed by atoms with van der Waals surface area (Å²) in [4.78, 5) is 16.2. The largest absolute Gasteiger partial charge is 0.434 e. The van der Waals surface area contributed by atoms with E-state index in [1.54, 1.807) is 31.3 Å². The minimum atomic E-state index is -2.88. The molecule has 0 saturated carbocycles. The summed E-state index contributed by atoms with van der Waals surface area (Å²) in [5.41, 5.74) is 2.20. The average Bonchev–Trinajstić information content (AvgIpc) is 2.72. The van der Waals surface area contributed by atoms with Crippen LogP contribution in [0.2, 0.25) is 0 Å². The van der Waals surface area contributed by atoms with E-state index in [9.17, 15) is 13.6 Å². The monoisotopic (exact) mass is 404 g/mol. The summed E-state index contributed by atoms with van der Waals surface area (Å²) in [6, 6.07) is 14.0. The van der Waals surface area contributed by atoms with Crippen LogP contribution in [0.4, 0.5) is 8.78 Å². The fourth-order valence-electron chi connectivity index (χ4n) is 2.69. The second kappa shape index (κ2) is 11.6. The van der Waals surface area contributed by atoms with Gasteiger partial charge < -0.3 is 20.7 Å². The van der Waals surface area contributed by atoms with Crippen LogP contribution in [0.25, 0.3) is 0 Å². The first-order valence-electron chi connectivity index (χ1n) is 9.39. The molecule has 3 N–H and O–H groups in total. The Balaban J connectivity index is 1.97. The molecule has 0 aliphatic rings. The molecule has 1 amide bonds. The number of carbonyl (C=O) groups is 1. The predicted octanol–water partition coefficient (Wildman–Crippen LogP) is 2.95. The van der Waals surface area contributed by atoms with E-state index in [0.717, 1.165) is 5.56 Å². The van der Waals surface area contributed by atoms with E-state index in [1.807, 2.05) is 25.1 Å². The smallest absolute Gasteiger partial charge is 0.387 e. The summed E-state index contributed by atoms with van der Waals surface area (Å²) in [5, 5.41) is 8.94. The highest BCUT2D eigenvalue weighted by molar-refractivity contribution is 5.94. The van der Waals surface area contributed by atoms with Crippen LogP contribution in [-0.4, -0.2) is 38.6 Å². The van der Waals surface area contributed by atoms with Crippen LogP contribution in [0.3, 0.4) is 0 Å². The number of hydrogen-bond donors (Lipinski definition) is 3. The summed E-state index contributed by atoms with van der Waals surface area (Å²) in [6.45, 7) is 0.519. The van der Waals surface area contributed by atoms with Crippen LogP contribution in [0, 0.1) is 0 Å². The molecule has 0 spiro atoms. The zero-order valence-corrected chi connectivity index (χ0v) is 16.5. The molecule has 0 atom stereocenters. The number of carbonyl (C=O) groups excluding carboxylic acids is 1. The van der Waals surface area contributed by atoms with Gasteiger partial charge in [-0.3, -0.25) is 4.79 Å². The maximum atomic E-state index is 12.5. The van der Waals surface area contributed by atoms with Crippen LogP contribution in [-0.2, 0) is 13.0 Å². The third kappa shape index (κ3) is 7.40. The van der Waals surface area contributed by atoms with Gasteiger partial charge in [0.2, 0.25) is 0 Å². The van der Waals surface area contributed by atoms with Gasteiger partial charge in [-0.2, -0.15) is 8.78 Å². The molecule has 2 aromatic carbocycles. The zero-order valence-electron chi connectivity index (χ0n) is 16.5. The molecule has 0 aliphatic carbocycles. The van der Waals surface area contributed by atoms with E-state index in [-0.39, 0.29) is 18.2 Å². The van der Waals surface area contributed by atoms with Gasteiger partial charge >= 0.3 is 6.61 Å². The number of nitrogens with one attached hydrogen (secondary N) is 3. The van der Waals surface area contributed by atoms with Crippen molar-refractivity contribution < 1.29 is 18.3 Å². The van der Waals surface area contributed by atoms with Crippen molar-refractivity contribution in [3.8, 4) is 5.75 Å². The maximum absolute atomic E-state index is 12.5. The number of alkyl halides is 2. The van der Waals surface area contributed by atoms with Crippen LogP contribution >= 0.6 is 0 Å². The third-order valence-corrected chi connectivity index (χ3v) is 4.06. The Morgan fingerprint density at radius 1 is 1.14 bits per heavy atom. The molecule has 29 heavy (non-hydrogen) atoms. The van der Waals surface area contributed by atoms with Gasteiger partial charge in [-0.15, -0.1) is 0 Å². The summed E-state index contributed by atoms with van der Waals surface area (Å²) in [6.07, 6.45) is 0.695. The van der Waals surface area contributed by atoms with Crippen LogP contribution in [0.15, 0.2) is 53.5 Å². The molecule has 8 heteroatoms. The molecule has 0 radical (unpaired) electrons. The highest BCUT2D eigenvalue weighted by atomic mass is 19.3. The second-order valence-electron chi connectivity index (χ2n) is 6.14. The molecular weight excluding hydrogens is 378 g/mol. The van der Waals surface area contributed by atoms with Gasteiger partial charge in [-0.1, -0.05) is 30.3 Å². The Kier molecular flexibility index (Phi) is 8.88. The van der Waals surface area contributed by atoms with Crippen molar-refractivity contribution in [1.82, 2.24) is 16.0 Å². The third-order valence-electron chi connectivity index (χ3n) is 4.06. The lowest BCUT2D eigenvalue weighted by Crippen LogP contribution is -2.38. The maximum Gasteiger partial charge on any atom is 0.387 e. The zero-order chi connectivity index (χ0) is 21.1. The number of halogens is 2. The van der Waals surface area contributed by atoms with Gasteiger partial charge in [0.05, 0.1) is 6.54 Å². The van der Waals surface area contributed by atoms with Crippen molar-refractivity contribution in [2.75, 3.05) is 20.1 Å². The van der Waals surface area contributed by atoms with E-state index in [2.05, 4.69) is 25.7 Å². The van der Waals surface area contributed by atoms with Gasteiger partial charge in [0.15, 0.2) is 5.96 Å². The second-order valence-corrected chi connectivity index (χ2v) is 6.14. The fourth-order valence-corrected chi connectivity index (χ4v) is 2.69. The standard InChI is InChI=1S/C21H26F2N4O2/c1-3-25-21(27-14-17-8-4-5-10-18(17)29-20(22)23)26-12-11-15-7-6-9-16(13-15)19(28)24-2/h4-10,13,20H,3,11-12,14H2,1-2H3,(H,24,28)(H2,25,26,27). The Morgan fingerprint density at radius 3 is 2.66 bits per heavy atom. The molecule has 0 aromatic heterocycles. The van der Waals surface area contributed by atoms with Crippen LogP contribution in [0.1, 0.15) is 28.4 Å². The van der Waals surface area contributed by atoms with Gasteiger partial charge in [-0.05, 0) is 37.1 Å². The highest BCUT2D eigenvalue weighted by Gasteiger charge is 2.09. The van der Waals surface area contributed by atoms with E-state index >= 15 is 0 Å². The number of nitrogens with zero attached hydrogens (tertiary/aromatic N) is 1. The van der Waals surface area contributed by atoms with Gasteiger partial charge in [0, 0.05) is 31.3 Å². The minimum Gasteiger partial charge on any atom is -0.434 e. The number of para-hydroxylation sites is 1. The Bertz CT molecular complexity index is 828. The summed E-state index contributed by atoms with van der Waals surface area (Å²) in [7, 11) is 1.60. The molecule has 0 saturated heterocycles. The van der Waals surface area contributed by atoms with Gasteiger partial charge in [-0.25, -0.2) is 4.99 Å². The minimum absolute atomic E-state index is 0.119. The van der Waals surface area contributed by atoms with E-state index < -0.39 is 6.61 Å². The average molecular weight is 404 g/mol. The topological polar surface area (TPSA) is 74.8 Å². The van der Waals surface area contributed by atoms with Crippen molar-refractivity contribution in [2.24, 2.45) is 4.99 Å². The Labute approximate surface area is 169 Å². The van der Waals surface area contributed by atoms with Crippen LogP contribution in [0.5, 0.6) is 5.75 Å². The molecule has 2 aromatic rings. The quantitative estimate of drug-likeness (QED) is 0.444. The number of aliphatic imine (C=N–C) groups is 1. The molecule has 0 unspecified atom stereocenters. The number of hydrogen-bond acceptors (Lipinski definition) is 3. The van der Waals surface area contributed by atoms with Crippen LogP contribution < -0.4 is 20.7 Å². The number of amides is 1. The molecule has 0 aliphatic heterocycles. The van der Waals surface area contributed by atoms with E-state index in [4.69, 9.17) is 0 Å². The van der Waals surface area contributed by atoms with E-state index in [0.29, 0.717) is 36.6 Å². The molecular formula is C21H26F2N4O2. The molecule has 6 nitrogen and oxygen atoms in total. The summed E-state index contributed by atoms with van der Waals surface area (Å²) in [5.74, 6) is 0.564. The van der Waals surface area contributed by atoms with Gasteiger partial charge in [0.25, 0.3) is 5.91 Å². The first-order valence-corrected chi connectivity index (χ1v) is 9.39. The highest BCUT2D eigenvalue weighted by Crippen LogP contribution is 2.20. The fraction of sp³-hybridized carbons (Fsp3) is 0.333. The number of ether oxygens (including phenoxy) is 1. The number of benzene rings is 2. The predicted molar refractivity (Wildman–Crippen MR) is 109 cm³/mol. The molecule has 2 rings (SSSR count). The lowest BCUT2D eigenvalue weighted by Gasteiger charge is -2.13. The molecule has 0 fully saturated rings. The number of guanidine groups is 1. The molecule has 0 heterocycles. The first kappa shape index (κ1) is 22.1.